The summed E-state index contributed by atoms with van der Waals surface area (Å²) in [6.45, 7) is 0. The van der Waals surface area contributed by atoms with Crippen LogP contribution in [0.2, 0.25) is 0 Å². The Kier molecular flexibility index (Phi) is 5.58. The summed E-state index contributed by atoms with van der Waals surface area (Å²) in [4.78, 5) is 9.27. The topological polar surface area (TPSA) is 59.4 Å². The van der Waals surface area contributed by atoms with Crippen LogP contribution in [0, 0.1) is 0 Å². The van der Waals surface area contributed by atoms with E-state index in [1.807, 2.05) is 91.0 Å². The molecule has 0 atom stereocenters. The lowest BCUT2D eigenvalue weighted by Gasteiger charge is -2.09. The summed E-state index contributed by atoms with van der Waals surface area (Å²) in [6, 6.07) is 29.7. The van der Waals surface area contributed by atoms with Gasteiger partial charge in [-0.1, -0.05) is 60.7 Å². The largest absolute Gasteiger partial charge is 0.497 e. The first-order valence-electron chi connectivity index (χ1n) is 9.25. The Morgan fingerprint density at radius 1 is 0.759 bits per heavy atom. The van der Waals surface area contributed by atoms with Crippen molar-refractivity contribution in [3.8, 4) is 28.3 Å². The van der Waals surface area contributed by atoms with Gasteiger partial charge in [0.1, 0.15) is 5.75 Å². The van der Waals surface area contributed by atoms with E-state index in [4.69, 9.17) is 4.74 Å². The fraction of sp³-hybridized carbons (Fsp3) is 0.0417. The van der Waals surface area contributed by atoms with E-state index in [9.17, 15) is 0 Å². The van der Waals surface area contributed by atoms with Crippen LogP contribution >= 0.6 is 0 Å². The quantitative estimate of drug-likeness (QED) is 0.366. The van der Waals surface area contributed by atoms with Crippen molar-refractivity contribution < 1.29 is 4.74 Å². The van der Waals surface area contributed by atoms with Gasteiger partial charge in [0.2, 0.25) is 5.95 Å². The number of nitrogens with one attached hydrogen (secondary N) is 1. The second kappa shape index (κ2) is 8.80. The summed E-state index contributed by atoms with van der Waals surface area (Å²) in [5.74, 6) is 1.24. The number of hydrogen-bond donors (Lipinski definition) is 1. The number of hydrazone groups is 1. The lowest BCUT2D eigenvalue weighted by Crippen LogP contribution is -2.00. The molecule has 1 heterocycles. The molecule has 0 fully saturated rings. The Labute approximate surface area is 169 Å². The molecule has 3 aromatic carbocycles. The molecule has 5 heteroatoms. The van der Waals surface area contributed by atoms with Gasteiger partial charge in [-0.3, -0.25) is 0 Å². The van der Waals surface area contributed by atoms with Crippen molar-refractivity contribution in [3.63, 3.8) is 0 Å². The average Bonchev–Trinajstić information content (AvgIpc) is 2.80. The van der Waals surface area contributed by atoms with Crippen molar-refractivity contribution in [1.82, 2.24) is 9.97 Å². The minimum Gasteiger partial charge on any atom is -0.497 e. The lowest BCUT2D eigenvalue weighted by molar-refractivity contribution is 0.415. The Balaban J connectivity index is 1.68. The molecule has 0 saturated heterocycles. The number of benzene rings is 3. The first-order chi connectivity index (χ1) is 14.3. The third-order valence-corrected chi connectivity index (χ3v) is 4.36. The zero-order valence-corrected chi connectivity index (χ0v) is 16.0. The van der Waals surface area contributed by atoms with Gasteiger partial charge in [0.25, 0.3) is 0 Å². The molecule has 0 saturated carbocycles. The van der Waals surface area contributed by atoms with Crippen LogP contribution in [-0.4, -0.2) is 23.3 Å². The van der Waals surface area contributed by atoms with Crippen molar-refractivity contribution in [2.24, 2.45) is 5.10 Å². The molecule has 0 spiro atoms. The van der Waals surface area contributed by atoms with Gasteiger partial charge in [0.15, 0.2) is 0 Å². The second-order valence-electron chi connectivity index (χ2n) is 6.34. The molecule has 1 N–H and O–H groups in total. The maximum Gasteiger partial charge on any atom is 0.244 e. The number of rotatable bonds is 6. The molecule has 0 aliphatic carbocycles. The summed E-state index contributed by atoms with van der Waals surface area (Å²) >= 11 is 0. The molecule has 0 radical (unpaired) electrons. The molecule has 0 aliphatic rings. The molecule has 0 amide bonds. The Hall–Kier alpha value is -3.99. The van der Waals surface area contributed by atoms with Crippen LogP contribution in [0.3, 0.4) is 0 Å². The van der Waals surface area contributed by atoms with Gasteiger partial charge in [-0.25, -0.2) is 15.4 Å². The SMILES string of the molecule is COc1ccc(-c2cc(-c3ccccc3)nc(N/N=C/c3ccccc3)n2)cc1. The van der Waals surface area contributed by atoms with Crippen molar-refractivity contribution in [2.75, 3.05) is 12.5 Å². The molecule has 4 rings (SSSR count). The third-order valence-electron chi connectivity index (χ3n) is 4.36. The summed E-state index contributed by atoms with van der Waals surface area (Å²) in [7, 11) is 1.65. The van der Waals surface area contributed by atoms with Crippen LogP contribution in [0.4, 0.5) is 5.95 Å². The molecule has 1 aromatic heterocycles. The van der Waals surface area contributed by atoms with E-state index in [-0.39, 0.29) is 0 Å². The van der Waals surface area contributed by atoms with Crippen LogP contribution < -0.4 is 10.2 Å². The Morgan fingerprint density at radius 3 is 1.97 bits per heavy atom. The number of nitrogens with zero attached hydrogens (tertiary/aromatic N) is 3. The molecule has 4 aromatic rings. The molecule has 0 unspecified atom stereocenters. The smallest absolute Gasteiger partial charge is 0.244 e. The van der Waals surface area contributed by atoms with Gasteiger partial charge in [-0.2, -0.15) is 5.10 Å². The van der Waals surface area contributed by atoms with Crippen LogP contribution in [0.1, 0.15) is 5.56 Å². The summed E-state index contributed by atoms with van der Waals surface area (Å²) in [5.41, 5.74) is 7.57. The summed E-state index contributed by atoms with van der Waals surface area (Å²) < 4.78 is 5.25. The highest BCUT2D eigenvalue weighted by Gasteiger charge is 2.08. The third kappa shape index (κ3) is 4.65. The van der Waals surface area contributed by atoms with Gasteiger partial charge in [-0.15, -0.1) is 0 Å². The molecule has 142 valence electrons. The van der Waals surface area contributed by atoms with Crippen LogP contribution in [0.25, 0.3) is 22.5 Å². The van der Waals surface area contributed by atoms with Gasteiger partial charge in [-0.05, 0) is 35.9 Å². The molecule has 0 bridgehead atoms. The van der Waals surface area contributed by atoms with Gasteiger partial charge in [0, 0.05) is 11.1 Å². The van der Waals surface area contributed by atoms with Crippen molar-refractivity contribution in [3.05, 3.63) is 96.6 Å². The number of ether oxygens (including phenoxy) is 1. The number of anilines is 1. The normalized spacial score (nSPS) is 10.8. The minimum absolute atomic E-state index is 0.435. The standard InChI is InChI=1S/C24H20N4O/c1-29-21-14-12-20(13-15-21)23-16-22(19-10-6-3-7-11-19)26-24(27-23)28-25-17-18-8-4-2-5-9-18/h2-17H,1H3,(H,26,27,28)/b25-17+. The number of methoxy groups -OCH3 is 1. The number of aromatic nitrogens is 2. The fourth-order valence-corrected chi connectivity index (χ4v) is 2.87. The molecule has 29 heavy (non-hydrogen) atoms. The van der Waals surface area contributed by atoms with Crippen LogP contribution in [0.15, 0.2) is 96.1 Å². The van der Waals surface area contributed by atoms with Crippen LogP contribution in [-0.2, 0) is 0 Å². The summed E-state index contributed by atoms with van der Waals surface area (Å²) in [5, 5.41) is 4.29. The van der Waals surface area contributed by atoms with E-state index in [2.05, 4.69) is 20.5 Å². The van der Waals surface area contributed by atoms with Crippen molar-refractivity contribution >= 4 is 12.2 Å². The average molecular weight is 380 g/mol. The van der Waals surface area contributed by atoms with E-state index in [1.54, 1.807) is 13.3 Å². The van der Waals surface area contributed by atoms with E-state index < -0.39 is 0 Å². The minimum atomic E-state index is 0.435. The highest BCUT2D eigenvalue weighted by atomic mass is 16.5. The zero-order chi connectivity index (χ0) is 19.9. The van der Waals surface area contributed by atoms with Gasteiger partial charge >= 0.3 is 0 Å². The molecular formula is C24H20N4O. The number of hydrogen-bond acceptors (Lipinski definition) is 5. The maximum atomic E-state index is 5.25. The highest BCUT2D eigenvalue weighted by Crippen LogP contribution is 2.26. The second-order valence-corrected chi connectivity index (χ2v) is 6.34. The van der Waals surface area contributed by atoms with E-state index in [0.717, 1.165) is 33.8 Å². The Bertz CT molecular complexity index is 1090. The van der Waals surface area contributed by atoms with Crippen molar-refractivity contribution in [2.45, 2.75) is 0 Å². The lowest BCUT2D eigenvalue weighted by atomic mass is 10.1. The maximum absolute atomic E-state index is 5.25. The predicted octanol–water partition coefficient (Wildman–Crippen LogP) is 5.27. The van der Waals surface area contributed by atoms with Crippen LogP contribution in [0.5, 0.6) is 5.75 Å². The molecule has 0 aliphatic heterocycles. The van der Waals surface area contributed by atoms with Gasteiger partial charge in [0.05, 0.1) is 24.7 Å². The monoisotopic (exact) mass is 380 g/mol. The Morgan fingerprint density at radius 2 is 1.34 bits per heavy atom. The van der Waals surface area contributed by atoms with Gasteiger partial charge < -0.3 is 4.74 Å². The first-order valence-corrected chi connectivity index (χ1v) is 9.25. The highest BCUT2D eigenvalue weighted by molar-refractivity contribution is 5.80. The predicted molar refractivity (Wildman–Crippen MR) is 117 cm³/mol. The van der Waals surface area contributed by atoms with Crippen molar-refractivity contribution in [1.29, 1.82) is 0 Å². The fourth-order valence-electron chi connectivity index (χ4n) is 2.87. The van der Waals surface area contributed by atoms with E-state index in [1.165, 1.54) is 0 Å². The first kappa shape index (κ1) is 18.4. The van der Waals surface area contributed by atoms with E-state index >= 15 is 0 Å². The summed E-state index contributed by atoms with van der Waals surface area (Å²) in [6.07, 6.45) is 1.74. The van der Waals surface area contributed by atoms with E-state index in [0.29, 0.717) is 5.95 Å². The molecular weight excluding hydrogens is 360 g/mol. The molecule has 5 nitrogen and oxygen atoms in total. The zero-order valence-electron chi connectivity index (χ0n) is 16.0.